The number of carbonyl (C=O) groups excluding carboxylic acids is 2. The van der Waals surface area contributed by atoms with Gasteiger partial charge in [-0.2, -0.15) is 0 Å². The molecule has 2 aromatic carbocycles. The van der Waals surface area contributed by atoms with E-state index < -0.39 is 23.3 Å². The number of fused-ring (bicyclic) bond motifs is 1. The van der Waals surface area contributed by atoms with Gasteiger partial charge in [0.1, 0.15) is 13.2 Å². The summed E-state index contributed by atoms with van der Waals surface area (Å²) < 4.78 is 15.8. The predicted octanol–water partition coefficient (Wildman–Crippen LogP) is 2.45. The van der Waals surface area contributed by atoms with Gasteiger partial charge in [0.2, 0.25) is 0 Å². The molecule has 140 valence electrons. The highest BCUT2D eigenvalue weighted by atomic mass is 16.6. The Morgan fingerprint density at radius 1 is 1.15 bits per heavy atom. The summed E-state index contributed by atoms with van der Waals surface area (Å²) in [6, 6.07) is 8.46. The van der Waals surface area contributed by atoms with Crippen LogP contribution < -0.4 is 14.8 Å². The topological polar surface area (TPSA) is 117 Å². The summed E-state index contributed by atoms with van der Waals surface area (Å²) in [4.78, 5) is 34.9. The molecule has 0 aromatic heterocycles. The number of rotatable bonds is 6. The Hall–Kier alpha value is -3.62. The third kappa shape index (κ3) is 3.97. The number of anilines is 1. The van der Waals surface area contributed by atoms with Crippen molar-refractivity contribution in [3.8, 4) is 11.5 Å². The first-order valence-corrected chi connectivity index (χ1v) is 8.06. The maximum Gasteiger partial charge on any atom is 0.340 e. The van der Waals surface area contributed by atoms with Crippen LogP contribution in [0.5, 0.6) is 11.5 Å². The van der Waals surface area contributed by atoms with Crippen LogP contribution in [-0.4, -0.2) is 43.5 Å². The molecule has 0 unspecified atom stereocenters. The number of nitro groups is 1. The molecule has 0 spiro atoms. The Balaban J connectivity index is 1.71. The standard InChI is InChI=1S/C18H16N2O7/c1-19-14-4-3-12(20(23)24)9-13(14)18(22)27-10-15(21)11-2-5-16-17(8-11)26-7-6-25-16/h2-5,8-9,19H,6-7,10H2,1H3. The molecule has 0 radical (unpaired) electrons. The number of nitrogens with zero attached hydrogens (tertiary/aromatic N) is 1. The molecule has 1 heterocycles. The number of esters is 1. The number of Topliss-reactive ketones (excluding diaryl/α,β-unsaturated/α-hetero) is 1. The summed E-state index contributed by atoms with van der Waals surface area (Å²) >= 11 is 0. The number of carbonyl (C=O) groups is 2. The van der Waals surface area contributed by atoms with Crippen molar-refractivity contribution >= 4 is 23.1 Å². The summed E-state index contributed by atoms with van der Waals surface area (Å²) in [5.74, 6) is -0.273. The van der Waals surface area contributed by atoms with Gasteiger partial charge in [-0.1, -0.05) is 0 Å². The van der Waals surface area contributed by atoms with Gasteiger partial charge in [-0.15, -0.1) is 0 Å². The van der Waals surface area contributed by atoms with Crippen molar-refractivity contribution in [3.63, 3.8) is 0 Å². The van der Waals surface area contributed by atoms with Crippen molar-refractivity contribution in [3.05, 3.63) is 57.6 Å². The van der Waals surface area contributed by atoms with Crippen LogP contribution in [0, 0.1) is 10.1 Å². The van der Waals surface area contributed by atoms with E-state index in [1.807, 2.05) is 0 Å². The van der Waals surface area contributed by atoms with Crippen LogP contribution in [0.3, 0.4) is 0 Å². The van der Waals surface area contributed by atoms with Gasteiger partial charge in [0, 0.05) is 30.4 Å². The monoisotopic (exact) mass is 372 g/mol. The Labute approximate surface area is 154 Å². The Morgan fingerprint density at radius 3 is 2.59 bits per heavy atom. The van der Waals surface area contributed by atoms with E-state index in [4.69, 9.17) is 14.2 Å². The highest BCUT2D eigenvalue weighted by Crippen LogP contribution is 2.31. The fraction of sp³-hybridized carbons (Fsp3) is 0.222. The van der Waals surface area contributed by atoms with E-state index >= 15 is 0 Å². The molecule has 1 N–H and O–H groups in total. The summed E-state index contributed by atoms with van der Waals surface area (Å²) in [5, 5.41) is 13.7. The second kappa shape index (κ2) is 7.73. The molecular weight excluding hydrogens is 356 g/mol. The summed E-state index contributed by atoms with van der Waals surface area (Å²) in [5.41, 5.74) is 0.387. The van der Waals surface area contributed by atoms with Crippen LogP contribution in [0.4, 0.5) is 11.4 Å². The molecule has 0 saturated heterocycles. The number of ether oxygens (including phenoxy) is 3. The number of hydrogen-bond acceptors (Lipinski definition) is 8. The molecule has 3 rings (SSSR count). The molecule has 9 heteroatoms. The third-order valence-electron chi connectivity index (χ3n) is 3.90. The van der Waals surface area contributed by atoms with Crippen LogP contribution >= 0.6 is 0 Å². The molecule has 2 aromatic rings. The molecule has 0 saturated carbocycles. The van der Waals surface area contributed by atoms with Crippen molar-refractivity contribution < 1.29 is 28.7 Å². The maximum atomic E-state index is 12.3. The number of non-ortho nitro benzene ring substituents is 1. The first-order chi connectivity index (χ1) is 13.0. The molecule has 9 nitrogen and oxygen atoms in total. The average molecular weight is 372 g/mol. The highest BCUT2D eigenvalue weighted by molar-refractivity contribution is 6.01. The minimum Gasteiger partial charge on any atom is -0.486 e. The van der Waals surface area contributed by atoms with Gasteiger partial charge in [0.25, 0.3) is 5.69 Å². The van der Waals surface area contributed by atoms with Gasteiger partial charge in [0.05, 0.1) is 10.5 Å². The minimum atomic E-state index is -0.839. The van der Waals surface area contributed by atoms with Gasteiger partial charge in [-0.25, -0.2) is 4.79 Å². The lowest BCUT2D eigenvalue weighted by Gasteiger charge is -2.18. The highest BCUT2D eigenvalue weighted by Gasteiger charge is 2.20. The summed E-state index contributed by atoms with van der Waals surface area (Å²) in [7, 11) is 1.57. The summed E-state index contributed by atoms with van der Waals surface area (Å²) in [6.07, 6.45) is 0. The zero-order valence-electron chi connectivity index (χ0n) is 14.4. The van der Waals surface area contributed by atoms with Gasteiger partial charge in [-0.3, -0.25) is 14.9 Å². The number of nitrogens with one attached hydrogen (secondary N) is 1. The second-order valence-electron chi connectivity index (χ2n) is 5.59. The van der Waals surface area contributed by atoms with Crippen LogP contribution in [-0.2, 0) is 4.74 Å². The van der Waals surface area contributed by atoms with E-state index in [1.54, 1.807) is 19.2 Å². The third-order valence-corrected chi connectivity index (χ3v) is 3.90. The lowest BCUT2D eigenvalue weighted by molar-refractivity contribution is -0.384. The first-order valence-electron chi connectivity index (χ1n) is 8.06. The number of ketones is 1. The molecule has 0 bridgehead atoms. The largest absolute Gasteiger partial charge is 0.486 e. The first kappa shape index (κ1) is 18.2. The van der Waals surface area contributed by atoms with Gasteiger partial charge >= 0.3 is 5.97 Å². The van der Waals surface area contributed by atoms with E-state index in [0.717, 1.165) is 6.07 Å². The average Bonchev–Trinajstić information content (AvgIpc) is 2.70. The SMILES string of the molecule is CNc1ccc([N+](=O)[O-])cc1C(=O)OCC(=O)c1ccc2c(c1)OCCO2. The van der Waals surface area contributed by atoms with Crippen molar-refractivity contribution in [2.75, 3.05) is 32.2 Å². The Bertz CT molecular complexity index is 911. The van der Waals surface area contributed by atoms with Crippen LogP contribution in [0.2, 0.25) is 0 Å². The lowest BCUT2D eigenvalue weighted by Crippen LogP contribution is -2.18. The van der Waals surface area contributed by atoms with Crippen LogP contribution in [0.1, 0.15) is 20.7 Å². The number of nitro benzene ring substituents is 1. The van der Waals surface area contributed by atoms with E-state index in [-0.39, 0.29) is 11.3 Å². The zero-order valence-corrected chi connectivity index (χ0v) is 14.4. The Morgan fingerprint density at radius 2 is 1.89 bits per heavy atom. The van der Waals surface area contributed by atoms with Crippen molar-refractivity contribution in [2.24, 2.45) is 0 Å². The molecule has 1 aliphatic heterocycles. The van der Waals surface area contributed by atoms with Gasteiger partial charge in [-0.05, 0) is 24.3 Å². The van der Waals surface area contributed by atoms with E-state index in [0.29, 0.717) is 36.0 Å². The predicted molar refractivity (Wildman–Crippen MR) is 94.7 cm³/mol. The van der Waals surface area contributed by atoms with Crippen molar-refractivity contribution in [2.45, 2.75) is 0 Å². The Kier molecular flexibility index (Phi) is 5.20. The molecule has 0 atom stereocenters. The molecule has 0 fully saturated rings. The smallest absolute Gasteiger partial charge is 0.340 e. The fourth-order valence-corrected chi connectivity index (χ4v) is 2.54. The molecule has 1 aliphatic rings. The number of benzene rings is 2. The quantitative estimate of drug-likeness (QED) is 0.356. The normalized spacial score (nSPS) is 12.2. The molecule has 27 heavy (non-hydrogen) atoms. The van der Waals surface area contributed by atoms with E-state index in [9.17, 15) is 19.7 Å². The molecule has 0 amide bonds. The molecular formula is C18H16N2O7. The van der Waals surface area contributed by atoms with Gasteiger partial charge < -0.3 is 19.5 Å². The fourth-order valence-electron chi connectivity index (χ4n) is 2.54. The number of hydrogen-bond donors (Lipinski definition) is 1. The van der Waals surface area contributed by atoms with Crippen LogP contribution in [0.15, 0.2) is 36.4 Å². The van der Waals surface area contributed by atoms with E-state index in [1.165, 1.54) is 18.2 Å². The maximum absolute atomic E-state index is 12.3. The molecule has 0 aliphatic carbocycles. The zero-order chi connectivity index (χ0) is 19.4. The second-order valence-corrected chi connectivity index (χ2v) is 5.59. The van der Waals surface area contributed by atoms with Gasteiger partial charge in [0.15, 0.2) is 23.9 Å². The van der Waals surface area contributed by atoms with Crippen molar-refractivity contribution in [1.29, 1.82) is 0 Å². The lowest BCUT2D eigenvalue weighted by atomic mass is 10.1. The summed E-state index contributed by atoms with van der Waals surface area (Å²) in [6.45, 7) is 0.318. The van der Waals surface area contributed by atoms with Crippen molar-refractivity contribution in [1.82, 2.24) is 0 Å². The minimum absolute atomic E-state index is 0.0262. The van der Waals surface area contributed by atoms with Crippen LogP contribution in [0.25, 0.3) is 0 Å². The van der Waals surface area contributed by atoms with E-state index in [2.05, 4.69) is 5.32 Å².